The molecule has 0 bridgehead atoms. The van der Waals surface area contributed by atoms with Crippen LogP contribution in [0.3, 0.4) is 0 Å². The van der Waals surface area contributed by atoms with E-state index < -0.39 is 16.1 Å². The van der Waals surface area contributed by atoms with Gasteiger partial charge in [0.15, 0.2) is 0 Å². The standard InChI is InChI=1S/C18H24N4O5S/c1-28(25,26)21-7-2-10-27-14-3-4-15-16(11-14)19-12-20-17(15)13-5-8-22(9-6-13)18(23)24/h3-4,11-13,21H,2,5-10H2,1H3,(H,23,24). The molecule has 1 amide bonds. The molecule has 1 aromatic heterocycles. The second kappa shape index (κ2) is 8.70. The number of fused-ring (bicyclic) bond motifs is 1. The SMILES string of the molecule is CS(=O)(=O)NCCCOc1ccc2c(C3CCN(C(=O)O)CC3)ncnc2c1. The van der Waals surface area contributed by atoms with Gasteiger partial charge in [-0.1, -0.05) is 0 Å². The third-order valence-corrected chi connectivity index (χ3v) is 5.47. The molecule has 10 heteroatoms. The van der Waals surface area contributed by atoms with Crippen LogP contribution in [0, 0.1) is 0 Å². The fourth-order valence-corrected chi connectivity index (χ4v) is 3.85. The molecule has 9 nitrogen and oxygen atoms in total. The first kappa shape index (κ1) is 20.3. The first-order chi connectivity index (χ1) is 13.3. The highest BCUT2D eigenvalue weighted by Gasteiger charge is 2.25. The van der Waals surface area contributed by atoms with Crippen LogP contribution in [0.4, 0.5) is 4.79 Å². The number of amides is 1. The summed E-state index contributed by atoms with van der Waals surface area (Å²) in [5.74, 6) is 0.868. The van der Waals surface area contributed by atoms with E-state index in [9.17, 15) is 13.2 Å². The molecule has 2 N–H and O–H groups in total. The lowest BCUT2D eigenvalue weighted by atomic mass is 9.91. The summed E-state index contributed by atoms with van der Waals surface area (Å²) in [7, 11) is -3.18. The van der Waals surface area contributed by atoms with Crippen LogP contribution >= 0.6 is 0 Å². The molecule has 1 aliphatic heterocycles. The maximum Gasteiger partial charge on any atom is 0.407 e. The molecule has 0 aliphatic carbocycles. The van der Waals surface area contributed by atoms with Gasteiger partial charge in [-0.05, 0) is 31.4 Å². The second-order valence-electron chi connectivity index (χ2n) is 6.85. The van der Waals surface area contributed by atoms with Gasteiger partial charge in [0, 0.05) is 37.0 Å². The second-order valence-corrected chi connectivity index (χ2v) is 8.68. The third kappa shape index (κ3) is 5.29. The van der Waals surface area contributed by atoms with Crippen LogP contribution in [-0.4, -0.2) is 67.0 Å². The van der Waals surface area contributed by atoms with Crippen LogP contribution in [0.1, 0.15) is 30.9 Å². The number of aromatic nitrogens is 2. The molecule has 1 aromatic carbocycles. The minimum Gasteiger partial charge on any atom is -0.493 e. The van der Waals surface area contributed by atoms with E-state index in [-0.39, 0.29) is 5.92 Å². The molecule has 152 valence electrons. The molecular formula is C18H24N4O5S. The van der Waals surface area contributed by atoms with E-state index in [1.165, 1.54) is 11.2 Å². The highest BCUT2D eigenvalue weighted by molar-refractivity contribution is 7.88. The average Bonchev–Trinajstić information content (AvgIpc) is 2.66. The van der Waals surface area contributed by atoms with Crippen molar-refractivity contribution in [1.82, 2.24) is 19.6 Å². The highest BCUT2D eigenvalue weighted by Crippen LogP contribution is 2.32. The van der Waals surface area contributed by atoms with Crippen molar-refractivity contribution in [3.05, 3.63) is 30.2 Å². The fourth-order valence-electron chi connectivity index (χ4n) is 3.34. The first-order valence-electron chi connectivity index (χ1n) is 9.13. The predicted molar refractivity (Wildman–Crippen MR) is 104 cm³/mol. The fraction of sp³-hybridized carbons (Fsp3) is 0.500. The van der Waals surface area contributed by atoms with Gasteiger partial charge in [-0.3, -0.25) is 0 Å². The topological polar surface area (TPSA) is 122 Å². The van der Waals surface area contributed by atoms with Crippen LogP contribution in [0.15, 0.2) is 24.5 Å². The molecule has 0 unspecified atom stereocenters. The number of hydrogen-bond donors (Lipinski definition) is 2. The number of likely N-dealkylation sites (tertiary alicyclic amines) is 1. The van der Waals surface area contributed by atoms with Crippen molar-refractivity contribution in [3.63, 3.8) is 0 Å². The maximum atomic E-state index is 11.1. The molecule has 3 rings (SSSR count). The van der Waals surface area contributed by atoms with Gasteiger partial charge in [0.2, 0.25) is 10.0 Å². The Morgan fingerprint density at radius 1 is 1.32 bits per heavy atom. The Kier molecular flexibility index (Phi) is 6.30. The van der Waals surface area contributed by atoms with Gasteiger partial charge in [-0.15, -0.1) is 0 Å². The number of nitrogens with one attached hydrogen (secondary N) is 1. The average molecular weight is 408 g/mol. The minimum absolute atomic E-state index is 0.204. The molecule has 1 saturated heterocycles. The number of sulfonamides is 1. The summed E-state index contributed by atoms with van der Waals surface area (Å²) in [5.41, 5.74) is 1.72. The molecule has 0 saturated carbocycles. The summed E-state index contributed by atoms with van der Waals surface area (Å²) in [6, 6.07) is 5.63. The number of carbonyl (C=O) groups is 1. The van der Waals surface area contributed by atoms with Gasteiger partial charge in [0.05, 0.1) is 24.1 Å². The van der Waals surface area contributed by atoms with Crippen molar-refractivity contribution in [2.75, 3.05) is 32.5 Å². The number of benzene rings is 1. The van der Waals surface area contributed by atoms with Crippen molar-refractivity contribution >= 4 is 27.0 Å². The summed E-state index contributed by atoms with van der Waals surface area (Å²) < 4.78 is 30.2. The third-order valence-electron chi connectivity index (χ3n) is 4.75. The van der Waals surface area contributed by atoms with Crippen molar-refractivity contribution < 1.29 is 23.1 Å². The van der Waals surface area contributed by atoms with Gasteiger partial charge in [0.1, 0.15) is 12.1 Å². The normalized spacial score (nSPS) is 15.7. The Morgan fingerprint density at radius 2 is 2.07 bits per heavy atom. The molecule has 0 atom stereocenters. The Labute approximate surface area is 163 Å². The van der Waals surface area contributed by atoms with Gasteiger partial charge < -0.3 is 14.7 Å². The zero-order valence-corrected chi connectivity index (χ0v) is 16.5. The van der Waals surface area contributed by atoms with Crippen LogP contribution < -0.4 is 9.46 Å². The van der Waals surface area contributed by atoms with Crippen LogP contribution in [0.2, 0.25) is 0 Å². The summed E-state index contributed by atoms with van der Waals surface area (Å²) >= 11 is 0. The van der Waals surface area contributed by atoms with Gasteiger partial charge in [-0.2, -0.15) is 0 Å². The minimum atomic E-state index is -3.18. The summed E-state index contributed by atoms with van der Waals surface area (Å²) in [6.45, 7) is 1.73. The number of rotatable bonds is 7. The molecule has 28 heavy (non-hydrogen) atoms. The molecule has 1 fully saturated rings. The predicted octanol–water partition coefficient (Wildman–Crippen LogP) is 1.81. The first-order valence-corrected chi connectivity index (χ1v) is 11.0. The Hall–Kier alpha value is -2.46. The van der Waals surface area contributed by atoms with Crippen molar-refractivity contribution in [2.24, 2.45) is 0 Å². The summed E-state index contributed by atoms with van der Waals surface area (Å²) in [4.78, 5) is 21.3. The lowest BCUT2D eigenvalue weighted by Gasteiger charge is -2.30. The smallest absolute Gasteiger partial charge is 0.407 e. The van der Waals surface area contributed by atoms with Crippen molar-refractivity contribution in [2.45, 2.75) is 25.2 Å². The molecule has 2 heterocycles. The van der Waals surface area contributed by atoms with Gasteiger partial charge in [0.25, 0.3) is 0 Å². The van der Waals surface area contributed by atoms with Crippen molar-refractivity contribution in [3.8, 4) is 5.75 Å². The van der Waals surface area contributed by atoms with E-state index in [0.717, 1.165) is 35.7 Å². The number of nitrogens with zero attached hydrogens (tertiary/aromatic N) is 3. The number of piperidine rings is 1. The molecular weight excluding hydrogens is 384 g/mol. The maximum absolute atomic E-state index is 11.1. The molecule has 1 aliphatic rings. The summed E-state index contributed by atoms with van der Waals surface area (Å²) in [6.07, 6.45) is 3.82. The van der Waals surface area contributed by atoms with E-state index in [0.29, 0.717) is 38.4 Å². The van der Waals surface area contributed by atoms with E-state index in [2.05, 4.69) is 14.7 Å². The van der Waals surface area contributed by atoms with Crippen LogP contribution in [0.25, 0.3) is 10.9 Å². The molecule has 0 spiro atoms. The van der Waals surface area contributed by atoms with Crippen molar-refractivity contribution in [1.29, 1.82) is 0 Å². The Morgan fingerprint density at radius 3 is 2.75 bits per heavy atom. The lowest BCUT2D eigenvalue weighted by molar-refractivity contribution is 0.132. The largest absolute Gasteiger partial charge is 0.493 e. The Balaban J connectivity index is 1.63. The zero-order chi connectivity index (χ0) is 20.1. The summed E-state index contributed by atoms with van der Waals surface area (Å²) in [5, 5.41) is 10.0. The van der Waals surface area contributed by atoms with E-state index in [1.54, 1.807) is 0 Å². The van der Waals surface area contributed by atoms with E-state index in [1.807, 2.05) is 18.2 Å². The van der Waals surface area contributed by atoms with Crippen LogP contribution in [0.5, 0.6) is 5.75 Å². The van der Waals surface area contributed by atoms with E-state index >= 15 is 0 Å². The van der Waals surface area contributed by atoms with Gasteiger partial charge >= 0.3 is 6.09 Å². The highest BCUT2D eigenvalue weighted by atomic mass is 32.2. The number of ether oxygens (including phenoxy) is 1. The van der Waals surface area contributed by atoms with Gasteiger partial charge in [-0.25, -0.2) is 27.9 Å². The quantitative estimate of drug-likeness (QED) is 0.670. The monoisotopic (exact) mass is 408 g/mol. The zero-order valence-electron chi connectivity index (χ0n) is 15.7. The van der Waals surface area contributed by atoms with E-state index in [4.69, 9.17) is 9.84 Å². The molecule has 0 radical (unpaired) electrons. The number of hydrogen-bond acceptors (Lipinski definition) is 6. The number of carboxylic acid groups (broad SMARTS) is 1. The lowest BCUT2D eigenvalue weighted by Crippen LogP contribution is -2.37. The van der Waals surface area contributed by atoms with Crippen LogP contribution in [-0.2, 0) is 10.0 Å². The molecule has 2 aromatic rings. The Bertz CT molecular complexity index is 942.